The van der Waals surface area contributed by atoms with E-state index in [-0.39, 0.29) is 6.61 Å². The smallest absolute Gasteiger partial charge is 0.330 e. The van der Waals surface area contributed by atoms with E-state index in [4.69, 9.17) is 4.74 Å². The summed E-state index contributed by atoms with van der Waals surface area (Å²) in [6.07, 6.45) is 0. The number of thiazole rings is 1. The number of nitrogens with zero attached hydrogens (tertiary/aromatic N) is 2. The van der Waals surface area contributed by atoms with Gasteiger partial charge in [-0.25, -0.2) is 9.78 Å². The summed E-state index contributed by atoms with van der Waals surface area (Å²) in [6.45, 7) is 5.03. The molecule has 3 atom stereocenters. The highest BCUT2D eigenvalue weighted by Crippen LogP contribution is 2.45. The third-order valence-corrected chi connectivity index (χ3v) is 9.01. The zero-order valence-electron chi connectivity index (χ0n) is 18.0. The monoisotopic (exact) mass is 515 g/mol. The highest BCUT2D eigenvalue weighted by molar-refractivity contribution is 8.77. The minimum atomic E-state index is -1.19. The average Bonchev–Trinajstić information content (AvgIpc) is 3.24. The molecule has 34 heavy (non-hydrogen) atoms. The lowest BCUT2D eigenvalue weighted by molar-refractivity contribution is -0.159. The Kier molecular flexibility index (Phi) is 7.44. The average molecular weight is 516 g/mol. The number of rotatable bonds is 10. The van der Waals surface area contributed by atoms with Crippen molar-refractivity contribution >= 4 is 60.9 Å². The number of carbonyl (C=O) groups excluding carboxylic acids is 2. The van der Waals surface area contributed by atoms with Gasteiger partial charge in [0, 0.05) is 0 Å². The Balaban J connectivity index is 1.47. The summed E-state index contributed by atoms with van der Waals surface area (Å²) in [7, 11) is 2.62. The number of aliphatic carboxylic acids is 1. The molecule has 0 saturated carbocycles. The fourth-order valence-electron chi connectivity index (χ4n) is 3.42. The van der Waals surface area contributed by atoms with Crippen LogP contribution < -0.4 is 10.1 Å². The molecule has 2 N–H and O–H groups in total. The fourth-order valence-corrected chi connectivity index (χ4v) is 7.38. The Morgan fingerprint density at radius 2 is 1.94 bits per heavy atom. The molecule has 0 bridgehead atoms. The predicted octanol–water partition coefficient (Wildman–Crippen LogP) is 3.80. The van der Waals surface area contributed by atoms with Gasteiger partial charge in [0.05, 0.1) is 10.2 Å². The van der Waals surface area contributed by atoms with Gasteiger partial charge in [0.2, 0.25) is 5.91 Å². The lowest BCUT2D eigenvalue weighted by atomic mass is 9.99. The van der Waals surface area contributed by atoms with Crippen LogP contribution in [0.4, 0.5) is 0 Å². The first-order chi connectivity index (χ1) is 16.3. The molecule has 1 unspecified atom stereocenters. The van der Waals surface area contributed by atoms with E-state index in [1.165, 1.54) is 37.8 Å². The maximum absolute atomic E-state index is 12.9. The zero-order valence-corrected chi connectivity index (χ0v) is 20.5. The van der Waals surface area contributed by atoms with Crippen molar-refractivity contribution < 1.29 is 24.2 Å². The molecule has 2 amide bonds. The largest absolute Gasteiger partial charge is 0.484 e. The van der Waals surface area contributed by atoms with Crippen LogP contribution in [0.3, 0.4) is 0 Å². The minimum Gasteiger partial charge on any atom is -0.484 e. The van der Waals surface area contributed by atoms with Gasteiger partial charge in [-0.3, -0.25) is 9.59 Å². The minimum absolute atomic E-state index is 0.265. The Morgan fingerprint density at radius 3 is 2.62 bits per heavy atom. The Bertz CT molecular complexity index is 1190. The van der Waals surface area contributed by atoms with Crippen molar-refractivity contribution in [1.82, 2.24) is 15.2 Å². The summed E-state index contributed by atoms with van der Waals surface area (Å²) in [5, 5.41) is 11.7. The molecule has 0 aliphatic carbocycles. The molecule has 0 spiro atoms. The van der Waals surface area contributed by atoms with Gasteiger partial charge in [-0.1, -0.05) is 47.7 Å². The number of carboxylic acids is 1. The Hall–Kier alpha value is -3.02. The van der Waals surface area contributed by atoms with Gasteiger partial charge in [0.15, 0.2) is 17.0 Å². The second kappa shape index (κ2) is 10.5. The number of aromatic nitrogens is 1. The standard InChI is InChI=1S/C23H21N3O5S3/c1-13(2)19(22(29)30)26-20(28)18(25-17(27)12-31-14-8-4-3-5-9-14)21(26)33-34-23-24-15-10-6-7-11-16(15)32-23/h3-11,18-19,21H,1,12H2,2H3,(H,25,27)(H,29,30)/t18-,19?,21-/m1/s1. The summed E-state index contributed by atoms with van der Waals surface area (Å²) >= 11 is 1.50. The maximum atomic E-state index is 12.9. The van der Waals surface area contributed by atoms with Crippen molar-refractivity contribution in [3.8, 4) is 5.75 Å². The molecule has 1 saturated heterocycles. The molecule has 2 heterocycles. The lowest BCUT2D eigenvalue weighted by Gasteiger charge is -2.48. The highest BCUT2D eigenvalue weighted by atomic mass is 33.1. The summed E-state index contributed by atoms with van der Waals surface area (Å²) in [5.41, 5.74) is 1.19. The van der Waals surface area contributed by atoms with E-state index >= 15 is 0 Å². The summed E-state index contributed by atoms with van der Waals surface area (Å²) in [4.78, 5) is 43.1. The summed E-state index contributed by atoms with van der Waals surface area (Å²) in [5.74, 6) is -1.59. The third kappa shape index (κ3) is 5.21. The number of carbonyl (C=O) groups is 3. The molecule has 8 nitrogen and oxygen atoms in total. The first-order valence-corrected chi connectivity index (χ1v) is 13.2. The van der Waals surface area contributed by atoms with E-state index in [1.54, 1.807) is 31.2 Å². The van der Waals surface area contributed by atoms with E-state index in [0.29, 0.717) is 11.3 Å². The number of amides is 2. The second-order valence-corrected chi connectivity index (χ2v) is 11.1. The number of hydrogen-bond donors (Lipinski definition) is 2. The van der Waals surface area contributed by atoms with Crippen LogP contribution in [0.2, 0.25) is 0 Å². The zero-order chi connectivity index (χ0) is 24.2. The first-order valence-electron chi connectivity index (χ1n) is 10.2. The fraction of sp³-hybridized carbons (Fsp3) is 0.217. The molecule has 0 radical (unpaired) electrons. The maximum Gasteiger partial charge on any atom is 0.330 e. The molecule has 1 aromatic heterocycles. The number of benzene rings is 2. The van der Waals surface area contributed by atoms with Gasteiger partial charge in [-0.15, -0.1) is 11.3 Å². The van der Waals surface area contributed by atoms with Crippen molar-refractivity contribution in [3.63, 3.8) is 0 Å². The molecular formula is C23H21N3O5S3. The van der Waals surface area contributed by atoms with Gasteiger partial charge >= 0.3 is 5.97 Å². The molecule has 1 aliphatic heterocycles. The van der Waals surface area contributed by atoms with Crippen molar-refractivity contribution in [2.24, 2.45) is 0 Å². The normalized spacial score (nSPS) is 18.3. The number of para-hydroxylation sites is 2. The highest BCUT2D eigenvalue weighted by Gasteiger charge is 2.54. The number of fused-ring (bicyclic) bond motifs is 1. The van der Waals surface area contributed by atoms with Crippen molar-refractivity contribution in [2.75, 3.05) is 6.61 Å². The topological polar surface area (TPSA) is 109 Å². The molecular weight excluding hydrogens is 494 g/mol. The number of β-lactam (4-membered cyclic amide) rings is 1. The van der Waals surface area contributed by atoms with E-state index in [2.05, 4.69) is 16.9 Å². The SMILES string of the molecule is C=C(C)C(C(=O)O)N1C(=O)[C@@H](NC(=O)COc2ccccc2)[C@H]1SSc1nc2ccccc2s1. The van der Waals surface area contributed by atoms with Crippen molar-refractivity contribution in [1.29, 1.82) is 0 Å². The van der Waals surface area contributed by atoms with Crippen molar-refractivity contribution in [3.05, 3.63) is 66.7 Å². The van der Waals surface area contributed by atoms with Crippen LogP contribution >= 0.6 is 32.9 Å². The van der Waals surface area contributed by atoms with E-state index in [9.17, 15) is 19.5 Å². The lowest BCUT2D eigenvalue weighted by Crippen LogP contribution is -2.73. The van der Waals surface area contributed by atoms with Gasteiger partial charge in [-0.05, 0) is 47.6 Å². The Morgan fingerprint density at radius 1 is 1.24 bits per heavy atom. The van der Waals surface area contributed by atoms with Crippen LogP contribution in [0.1, 0.15) is 6.92 Å². The van der Waals surface area contributed by atoms with Gasteiger partial charge in [0.25, 0.3) is 5.91 Å². The Labute approximate surface area is 207 Å². The molecule has 2 aromatic carbocycles. The molecule has 11 heteroatoms. The number of likely N-dealkylation sites (tertiary alicyclic amines) is 1. The summed E-state index contributed by atoms with van der Waals surface area (Å²) in [6, 6.07) is 14.5. The van der Waals surface area contributed by atoms with E-state index in [0.717, 1.165) is 14.6 Å². The van der Waals surface area contributed by atoms with Crippen LogP contribution in [0.5, 0.6) is 5.75 Å². The molecule has 3 aromatic rings. The molecule has 1 aliphatic rings. The van der Waals surface area contributed by atoms with Crippen LogP contribution in [-0.2, 0) is 14.4 Å². The number of carboxylic acid groups (broad SMARTS) is 1. The van der Waals surface area contributed by atoms with E-state index < -0.39 is 35.2 Å². The molecule has 4 rings (SSSR count). The van der Waals surface area contributed by atoms with Crippen LogP contribution in [0.15, 0.2) is 71.1 Å². The van der Waals surface area contributed by atoms with Gasteiger partial charge < -0.3 is 20.1 Å². The molecule has 1 fully saturated rings. The quantitative estimate of drug-likeness (QED) is 0.238. The number of ether oxygens (including phenoxy) is 1. The van der Waals surface area contributed by atoms with Gasteiger partial charge in [0.1, 0.15) is 17.2 Å². The number of nitrogens with one attached hydrogen (secondary N) is 1. The van der Waals surface area contributed by atoms with Crippen LogP contribution in [0, 0.1) is 0 Å². The second-order valence-electron chi connectivity index (χ2n) is 7.50. The predicted molar refractivity (Wildman–Crippen MR) is 134 cm³/mol. The van der Waals surface area contributed by atoms with Gasteiger partial charge in [-0.2, -0.15) is 0 Å². The van der Waals surface area contributed by atoms with Crippen LogP contribution in [0.25, 0.3) is 10.2 Å². The number of hydrogen-bond acceptors (Lipinski definition) is 8. The van der Waals surface area contributed by atoms with Crippen molar-refractivity contribution in [2.45, 2.75) is 28.7 Å². The summed E-state index contributed by atoms with van der Waals surface area (Å²) < 4.78 is 7.25. The molecule has 176 valence electrons. The first kappa shape index (κ1) is 24.1. The third-order valence-electron chi connectivity index (χ3n) is 4.98. The van der Waals surface area contributed by atoms with Crippen LogP contribution in [-0.4, -0.2) is 56.8 Å². The van der Waals surface area contributed by atoms with E-state index in [1.807, 2.05) is 30.3 Å².